The van der Waals surface area contributed by atoms with Gasteiger partial charge in [-0.2, -0.15) is 0 Å². The third-order valence-electron chi connectivity index (χ3n) is 3.50. The highest BCUT2D eigenvalue weighted by Crippen LogP contribution is 2.41. The van der Waals surface area contributed by atoms with Crippen LogP contribution in [0.15, 0.2) is 47.5 Å². The minimum absolute atomic E-state index is 0.704. The van der Waals surface area contributed by atoms with Crippen LogP contribution in [0.25, 0.3) is 5.57 Å². The van der Waals surface area contributed by atoms with Crippen molar-refractivity contribution in [2.75, 3.05) is 11.6 Å². The van der Waals surface area contributed by atoms with Crippen molar-refractivity contribution < 1.29 is 4.74 Å². The summed E-state index contributed by atoms with van der Waals surface area (Å²) in [5.41, 5.74) is 3.64. The van der Waals surface area contributed by atoms with Crippen LogP contribution in [0.1, 0.15) is 17.5 Å². The van der Waals surface area contributed by atoms with Gasteiger partial charge in [-0.05, 0) is 42.5 Å². The predicted molar refractivity (Wildman–Crippen MR) is 92.6 cm³/mol. The first-order valence-electron chi connectivity index (χ1n) is 6.87. The van der Waals surface area contributed by atoms with Gasteiger partial charge in [0.2, 0.25) is 5.88 Å². The zero-order valence-corrected chi connectivity index (χ0v) is 14.2. The second-order valence-electron chi connectivity index (χ2n) is 4.78. The maximum Gasteiger partial charge on any atom is 0.226 e. The summed E-state index contributed by atoms with van der Waals surface area (Å²) in [4.78, 5) is 5.68. The molecule has 4 heteroatoms. The van der Waals surface area contributed by atoms with Crippen LogP contribution < -0.4 is 4.74 Å². The number of nitrogens with zero attached hydrogens (tertiary/aromatic N) is 1. The van der Waals surface area contributed by atoms with Gasteiger partial charge in [0.25, 0.3) is 0 Å². The first-order valence-corrected chi connectivity index (χ1v) is 9.22. The molecule has 2 aromatic rings. The average molecular weight is 362 g/mol. The van der Waals surface area contributed by atoms with Gasteiger partial charge in [0, 0.05) is 34.0 Å². The minimum Gasteiger partial charge on any atom is -0.438 e. The molecule has 0 saturated carbocycles. The van der Waals surface area contributed by atoms with Crippen LogP contribution in [0.4, 0.5) is 0 Å². The molecule has 0 amide bonds. The Morgan fingerprint density at radius 2 is 2.24 bits per heavy atom. The van der Waals surface area contributed by atoms with E-state index in [2.05, 4.69) is 45.4 Å². The standard InChI is InChI=1S/C17H16BrNOS/c1-21-16-8-2-7-15-14(16)11-12(5-3-9-18)13-6-4-10-19-17(13)20-15/h2,4-8,10H,3,9,11H2,1H3/b12-5+. The number of benzene rings is 1. The van der Waals surface area contributed by atoms with Gasteiger partial charge in [-0.1, -0.05) is 28.1 Å². The molecular weight excluding hydrogens is 346 g/mol. The second-order valence-corrected chi connectivity index (χ2v) is 6.42. The van der Waals surface area contributed by atoms with Crippen LogP contribution in [0.2, 0.25) is 0 Å². The van der Waals surface area contributed by atoms with E-state index < -0.39 is 0 Å². The van der Waals surface area contributed by atoms with E-state index in [4.69, 9.17) is 4.74 Å². The Bertz CT molecular complexity index is 684. The number of fused-ring (bicyclic) bond motifs is 2. The Morgan fingerprint density at radius 1 is 1.33 bits per heavy atom. The van der Waals surface area contributed by atoms with Crippen molar-refractivity contribution >= 4 is 33.3 Å². The molecule has 1 aromatic heterocycles. The highest BCUT2D eigenvalue weighted by molar-refractivity contribution is 9.09. The number of thioether (sulfide) groups is 1. The van der Waals surface area contributed by atoms with E-state index in [1.807, 2.05) is 18.2 Å². The molecule has 2 nitrogen and oxygen atoms in total. The lowest BCUT2D eigenvalue weighted by Crippen LogP contribution is -1.92. The topological polar surface area (TPSA) is 22.1 Å². The normalized spacial score (nSPS) is 15.0. The zero-order chi connectivity index (χ0) is 14.7. The maximum absolute atomic E-state index is 6.08. The van der Waals surface area contributed by atoms with Gasteiger partial charge in [-0.3, -0.25) is 0 Å². The van der Waals surface area contributed by atoms with Gasteiger partial charge in [0.05, 0.1) is 0 Å². The van der Waals surface area contributed by atoms with Crippen molar-refractivity contribution in [1.29, 1.82) is 0 Å². The van der Waals surface area contributed by atoms with E-state index in [1.54, 1.807) is 18.0 Å². The van der Waals surface area contributed by atoms with E-state index in [1.165, 1.54) is 16.0 Å². The maximum atomic E-state index is 6.08. The first kappa shape index (κ1) is 14.7. The summed E-state index contributed by atoms with van der Waals surface area (Å²) in [6.07, 6.45) is 8.06. The summed E-state index contributed by atoms with van der Waals surface area (Å²) in [6, 6.07) is 10.3. The number of allylic oxidation sites excluding steroid dienone is 2. The minimum atomic E-state index is 0.704. The molecule has 0 spiro atoms. The molecule has 21 heavy (non-hydrogen) atoms. The number of pyridine rings is 1. The summed E-state index contributed by atoms with van der Waals surface area (Å²) in [5, 5.41) is 0.962. The van der Waals surface area contributed by atoms with E-state index in [9.17, 15) is 0 Å². The monoisotopic (exact) mass is 361 g/mol. The fraction of sp³-hybridized carbons (Fsp3) is 0.235. The summed E-state index contributed by atoms with van der Waals surface area (Å²) in [5.74, 6) is 1.62. The molecule has 0 bridgehead atoms. The number of hydrogen-bond donors (Lipinski definition) is 0. The van der Waals surface area contributed by atoms with E-state index >= 15 is 0 Å². The van der Waals surface area contributed by atoms with Crippen molar-refractivity contribution in [3.05, 3.63) is 53.7 Å². The number of aromatic nitrogens is 1. The number of halogens is 1. The third kappa shape index (κ3) is 3.01. The Labute approximate surface area is 137 Å². The molecule has 0 atom stereocenters. The molecule has 2 heterocycles. The smallest absolute Gasteiger partial charge is 0.226 e. The average Bonchev–Trinajstić information content (AvgIpc) is 2.68. The Kier molecular flexibility index (Phi) is 4.66. The lowest BCUT2D eigenvalue weighted by molar-refractivity contribution is 0.459. The van der Waals surface area contributed by atoms with Gasteiger partial charge in [0.1, 0.15) is 5.75 Å². The summed E-state index contributed by atoms with van der Waals surface area (Å²) < 4.78 is 6.08. The number of rotatable bonds is 3. The number of ether oxygens (including phenoxy) is 1. The molecule has 1 aliphatic heterocycles. The summed E-state index contributed by atoms with van der Waals surface area (Å²) in [7, 11) is 0. The largest absolute Gasteiger partial charge is 0.438 e. The Balaban J connectivity index is 2.14. The molecule has 0 fully saturated rings. The molecule has 0 N–H and O–H groups in total. The van der Waals surface area contributed by atoms with E-state index in [0.29, 0.717) is 5.88 Å². The van der Waals surface area contributed by atoms with Gasteiger partial charge >= 0.3 is 0 Å². The van der Waals surface area contributed by atoms with Crippen molar-refractivity contribution in [3.8, 4) is 11.6 Å². The van der Waals surface area contributed by atoms with Crippen LogP contribution in [-0.2, 0) is 6.42 Å². The number of alkyl halides is 1. The predicted octanol–water partition coefficient (Wildman–Crippen LogP) is 5.32. The second kappa shape index (κ2) is 6.67. The number of hydrogen-bond acceptors (Lipinski definition) is 3. The molecule has 1 aromatic carbocycles. The van der Waals surface area contributed by atoms with Crippen molar-refractivity contribution in [2.45, 2.75) is 17.7 Å². The lowest BCUT2D eigenvalue weighted by Gasteiger charge is -2.10. The summed E-state index contributed by atoms with van der Waals surface area (Å²) >= 11 is 5.26. The molecular formula is C17H16BrNOS. The molecule has 0 unspecified atom stereocenters. The first-order chi connectivity index (χ1) is 10.3. The van der Waals surface area contributed by atoms with Crippen LogP contribution >= 0.6 is 27.7 Å². The van der Waals surface area contributed by atoms with Crippen LogP contribution in [0.3, 0.4) is 0 Å². The summed E-state index contributed by atoms with van der Waals surface area (Å²) in [6.45, 7) is 0. The van der Waals surface area contributed by atoms with Crippen LogP contribution in [-0.4, -0.2) is 16.6 Å². The SMILES string of the molecule is CSc1cccc2c1C/C(=C\CCBr)c1cccnc1O2. The van der Waals surface area contributed by atoms with Crippen LogP contribution in [0, 0.1) is 0 Å². The molecule has 108 valence electrons. The Hall–Kier alpha value is -1.26. The fourth-order valence-corrected chi connectivity index (χ4v) is 3.39. The lowest BCUT2D eigenvalue weighted by atomic mass is 9.98. The van der Waals surface area contributed by atoms with E-state index in [0.717, 1.165) is 29.5 Å². The molecule has 0 aliphatic carbocycles. The van der Waals surface area contributed by atoms with Crippen molar-refractivity contribution in [2.24, 2.45) is 0 Å². The van der Waals surface area contributed by atoms with Gasteiger partial charge in [-0.15, -0.1) is 11.8 Å². The van der Waals surface area contributed by atoms with Gasteiger partial charge < -0.3 is 4.74 Å². The van der Waals surface area contributed by atoms with Crippen molar-refractivity contribution in [1.82, 2.24) is 4.98 Å². The third-order valence-corrected chi connectivity index (χ3v) is 4.78. The molecule has 1 aliphatic rings. The van der Waals surface area contributed by atoms with E-state index in [-0.39, 0.29) is 0 Å². The van der Waals surface area contributed by atoms with Gasteiger partial charge in [-0.25, -0.2) is 4.98 Å². The Morgan fingerprint density at radius 3 is 3.05 bits per heavy atom. The van der Waals surface area contributed by atoms with Crippen molar-refractivity contribution in [3.63, 3.8) is 0 Å². The quantitative estimate of drug-likeness (QED) is 0.545. The fourth-order valence-electron chi connectivity index (χ4n) is 2.52. The zero-order valence-electron chi connectivity index (χ0n) is 11.8. The molecule has 0 saturated heterocycles. The van der Waals surface area contributed by atoms with Gasteiger partial charge in [0.15, 0.2) is 0 Å². The highest BCUT2D eigenvalue weighted by atomic mass is 79.9. The molecule has 3 rings (SSSR count). The molecule has 0 radical (unpaired) electrons. The highest BCUT2D eigenvalue weighted by Gasteiger charge is 2.21. The van der Waals surface area contributed by atoms with Crippen LogP contribution in [0.5, 0.6) is 11.6 Å².